The number of rotatable bonds is 5. The summed E-state index contributed by atoms with van der Waals surface area (Å²) in [5, 5.41) is 3.17. The average Bonchev–Trinajstić information content (AvgIpc) is 2.17. The summed E-state index contributed by atoms with van der Waals surface area (Å²) in [7, 11) is 0. The van der Waals surface area contributed by atoms with Gasteiger partial charge in [-0.3, -0.25) is 14.8 Å². The highest BCUT2D eigenvalue weighted by Crippen LogP contribution is 2.10. The summed E-state index contributed by atoms with van der Waals surface area (Å²) >= 11 is 0. The third kappa shape index (κ3) is 3.63. The van der Waals surface area contributed by atoms with Crippen LogP contribution in [0.25, 0.3) is 0 Å². The highest BCUT2D eigenvalue weighted by atomic mass is 16.1. The van der Waals surface area contributed by atoms with Crippen LogP contribution in [0, 0.1) is 6.92 Å². The van der Waals surface area contributed by atoms with E-state index in [1.807, 2.05) is 13.8 Å². The van der Waals surface area contributed by atoms with Gasteiger partial charge in [-0.25, -0.2) is 0 Å². The lowest BCUT2D eigenvalue weighted by Gasteiger charge is -2.13. The molecule has 15 heavy (non-hydrogen) atoms. The molecule has 5 nitrogen and oxygen atoms in total. The summed E-state index contributed by atoms with van der Waals surface area (Å²) in [6.45, 7) is 4.46. The van der Waals surface area contributed by atoms with Crippen LogP contribution in [0.1, 0.15) is 30.8 Å². The Morgan fingerprint density at radius 3 is 2.80 bits per heavy atom. The zero-order valence-corrected chi connectivity index (χ0v) is 9.03. The third-order valence-electron chi connectivity index (χ3n) is 2.15. The van der Waals surface area contributed by atoms with E-state index in [-0.39, 0.29) is 11.9 Å². The van der Waals surface area contributed by atoms with Crippen molar-refractivity contribution in [3.05, 3.63) is 23.8 Å². The molecule has 1 atom stereocenters. The number of primary amides is 1. The van der Waals surface area contributed by atoms with Gasteiger partial charge < -0.3 is 11.1 Å². The minimum atomic E-state index is -0.300. The lowest BCUT2D eigenvalue weighted by Crippen LogP contribution is -2.25. The molecular formula is C10H16N4O. The Kier molecular flexibility index (Phi) is 4.17. The van der Waals surface area contributed by atoms with E-state index in [1.54, 1.807) is 12.4 Å². The van der Waals surface area contributed by atoms with Gasteiger partial charge in [-0.05, 0) is 13.8 Å². The first-order valence-corrected chi connectivity index (χ1v) is 4.90. The van der Waals surface area contributed by atoms with Crippen molar-refractivity contribution in [1.82, 2.24) is 15.3 Å². The van der Waals surface area contributed by atoms with Crippen LogP contribution in [0.3, 0.4) is 0 Å². The molecule has 0 aliphatic carbocycles. The molecular weight excluding hydrogens is 192 g/mol. The van der Waals surface area contributed by atoms with E-state index in [2.05, 4.69) is 15.3 Å². The number of amides is 1. The SMILES string of the molecule is Cc1nccnc1C(C)NCCC(N)=O. The number of hydrogen-bond donors (Lipinski definition) is 2. The molecule has 0 radical (unpaired) electrons. The Morgan fingerprint density at radius 1 is 1.53 bits per heavy atom. The second-order valence-corrected chi connectivity index (χ2v) is 3.42. The number of carbonyl (C=O) groups is 1. The van der Waals surface area contributed by atoms with Crippen LogP contribution in [0.2, 0.25) is 0 Å². The van der Waals surface area contributed by atoms with Gasteiger partial charge in [-0.2, -0.15) is 0 Å². The van der Waals surface area contributed by atoms with E-state index in [9.17, 15) is 4.79 Å². The normalized spacial score (nSPS) is 12.4. The first-order chi connectivity index (χ1) is 7.11. The molecule has 0 bridgehead atoms. The van der Waals surface area contributed by atoms with Gasteiger partial charge in [0.1, 0.15) is 0 Å². The number of hydrogen-bond acceptors (Lipinski definition) is 4. The molecule has 1 amide bonds. The number of aromatic nitrogens is 2. The average molecular weight is 208 g/mol. The fourth-order valence-electron chi connectivity index (χ4n) is 1.35. The Morgan fingerprint density at radius 2 is 2.20 bits per heavy atom. The molecule has 1 aromatic heterocycles. The summed E-state index contributed by atoms with van der Waals surface area (Å²) < 4.78 is 0. The van der Waals surface area contributed by atoms with Crippen molar-refractivity contribution in [2.75, 3.05) is 6.54 Å². The van der Waals surface area contributed by atoms with Gasteiger partial charge in [0.25, 0.3) is 0 Å². The number of nitrogens with zero attached hydrogens (tertiary/aromatic N) is 2. The van der Waals surface area contributed by atoms with Gasteiger partial charge in [0.2, 0.25) is 5.91 Å². The van der Waals surface area contributed by atoms with E-state index >= 15 is 0 Å². The molecule has 0 aromatic carbocycles. The van der Waals surface area contributed by atoms with Crippen molar-refractivity contribution in [3.8, 4) is 0 Å². The molecule has 1 rings (SSSR count). The largest absolute Gasteiger partial charge is 0.370 e. The Bertz CT molecular complexity index is 340. The molecule has 0 aliphatic rings. The minimum Gasteiger partial charge on any atom is -0.370 e. The van der Waals surface area contributed by atoms with Crippen LogP contribution in [-0.4, -0.2) is 22.4 Å². The summed E-state index contributed by atoms with van der Waals surface area (Å²) in [5.41, 5.74) is 6.84. The molecule has 1 aromatic rings. The molecule has 1 heterocycles. The van der Waals surface area contributed by atoms with Gasteiger partial charge in [-0.1, -0.05) is 0 Å². The maximum Gasteiger partial charge on any atom is 0.218 e. The van der Waals surface area contributed by atoms with Crippen molar-refractivity contribution >= 4 is 5.91 Å². The molecule has 0 aliphatic heterocycles. The highest BCUT2D eigenvalue weighted by Gasteiger charge is 2.09. The molecule has 0 fully saturated rings. The van der Waals surface area contributed by atoms with E-state index in [1.165, 1.54) is 0 Å². The van der Waals surface area contributed by atoms with Crippen molar-refractivity contribution < 1.29 is 4.79 Å². The number of carbonyl (C=O) groups excluding carboxylic acids is 1. The standard InChI is InChI=1S/C10H16N4O/c1-7(12-4-3-9(11)15)10-8(2)13-5-6-14-10/h5-7,12H,3-4H2,1-2H3,(H2,11,15). The van der Waals surface area contributed by atoms with Crippen molar-refractivity contribution in [3.63, 3.8) is 0 Å². The minimum absolute atomic E-state index is 0.0815. The lowest BCUT2D eigenvalue weighted by atomic mass is 10.2. The summed E-state index contributed by atoms with van der Waals surface area (Å²) in [4.78, 5) is 18.9. The predicted molar refractivity (Wildman–Crippen MR) is 57.0 cm³/mol. The van der Waals surface area contributed by atoms with E-state index in [4.69, 9.17) is 5.73 Å². The Hall–Kier alpha value is -1.49. The maximum absolute atomic E-state index is 10.5. The van der Waals surface area contributed by atoms with Gasteiger partial charge in [0, 0.05) is 31.4 Å². The number of nitrogens with one attached hydrogen (secondary N) is 1. The predicted octanol–water partition coefficient (Wildman–Crippen LogP) is 0.311. The lowest BCUT2D eigenvalue weighted by molar-refractivity contribution is -0.117. The monoisotopic (exact) mass is 208 g/mol. The first kappa shape index (κ1) is 11.6. The molecule has 1 unspecified atom stereocenters. The second kappa shape index (κ2) is 5.41. The molecule has 0 spiro atoms. The van der Waals surface area contributed by atoms with Crippen LogP contribution >= 0.6 is 0 Å². The molecule has 5 heteroatoms. The Labute approximate surface area is 89.1 Å². The fraction of sp³-hybridized carbons (Fsp3) is 0.500. The Balaban J connectivity index is 2.50. The van der Waals surface area contributed by atoms with E-state index in [0.717, 1.165) is 11.4 Å². The summed E-state index contributed by atoms with van der Waals surface area (Å²) in [6.07, 6.45) is 3.66. The number of nitrogens with two attached hydrogens (primary N) is 1. The van der Waals surface area contributed by atoms with Crippen molar-refractivity contribution in [1.29, 1.82) is 0 Å². The van der Waals surface area contributed by atoms with Gasteiger partial charge in [-0.15, -0.1) is 0 Å². The van der Waals surface area contributed by atoms with Crippen LogP contribution in [0.15, 0.2) is 12.4 Å². The van der Waals surface area contributed by atoms with E-state index in [0.29, 0.717) is 13.0 Å². The van der Waals surface area contributed by atoms with Gasteiger partial charge in [0.15, 0.2) is 0 Å². The maximum atomic E-state index is 10.5. The van der Waals surface area contributed by atoms with Crippen molar-refractivity contribution in [2.45, 2.75) is 26.3 Å². The van der Waals surface area contributed by atoms with Gasteiger partial charge >= 0.3 is 0 Å². The van der Waals surface area contributed by atoms with Crippen LogP contribution in [0.5, 0.6) is 0 Å². The van der Waals surface area contributed by atoms with E-state index < -0.39 is 0 Å². The smallest absolute Gasteiger partial charge is 0.218 e. The first-order valence-electron chi connectivity index (χ1n) is 4.90. The van der Waals surface area contributed by atoms with Crippen molar-refractivity contribution in [2.24, 2.45) is 5.73 Å². The third-order valence-corrected chi connectivity index (χ3v) is 2.15. The molecule has 0 saturated carbocycles. The fourth-order valence-corrected chi connectivity index (χ4v) is 1.35. The highest BCUT2D eigenvalue weighted by molar-refractivity contribution is 5.73. The molecule has 82 valence electrons. The summed E-state index contributed by atoms with van der Waals surface area (Å²) in [6, 6.07) is 0.0815. The molecule has 0 saturated heterocycles. The van der Waals surface area contributed by atoms with Crippen LogP contribution in [-0.2, 0) is 4.79 Å². The zero-order valence-electron chi connectivity index (χ0n) is 9.03. The van der Waals surface area contributed by atoms with Crippen LogP contribution in [0.4, 0.5) is 0 Å². The van der Waals surface area contributed by atoms with Crippen LogP contribution < -0.4 is 11.1 Å². The summed E-state index contributed by atoms with van der Waals surface area (Å²) in [5.74, 6) is -0.300. The number of aryl methyl sites for hydroxylation is 1. The quantitative estimate of drug-likeness (QED) is 0.729. The molecule has 3 N–H and O–H groups in total. The second-order valence-electron chi connectivity index (χ2n) is 3.42. The van der Waals surface area contributed by atoms with Gasteiger partial charge in [0.05, 0.1) is 11.4 Å². The zero-order chi connectivity index (χ0) is 11.3. The topological polar surface area (TPSA) is 80.9 Å².